The molecule has 0 spiro atoms. The van der Waals surface area contributed by atoms with E-state index in [9.17, 15) is 14.4 Å². The third-order valence-electron chi connectivity index (χ3n) is 4.88. The lowest BCUT2D eigenvalue weighted by Gasteiger charge is -2.36. The van der Waals surface area contributed by atoms with Gasteiger partial charge in [0, 0.05) is 12.2 Å². The maximum Gasteiger partial charge on any atom is 0.405 e. The van der Waals surface area contributed by atoms with Gasteiger partial charge in [0.2, 0.25) is 14.2 Å². The molecule has 0 saturated heterocycles. The molecular formula is C19H32N4O5Si. The van der Waals surface area contributed by atoms with Gasteiger partial charge in [-0.1, -0.05) is 20.8 Å². The number of carbonyl (C=O) groups is 3. The van der Waals surface area contributed by atoms with Gasteiger partial charge in [0.05, 0.1) is 0 Å². The summed E-state index contributed by atoms with van der Waals surface area (Å²) in [5.74, 6) is 0.247. The topological polar surface area (TPSA) is 143 Å². The highest BCUT2D eigenvalue weighted by molar-refractivity contribution is 6.74. The van der Waals surface area contributed by atoms with Gasteiger partial charge in [0.25, 0.3) is 0 Å². The van der Waals surface area contributed by atoms with E-state index in [0.29, 0.717) is 12.1 Å². The summed E-state index contributed by atoms with van der Waals surface area (Å²) in [7, 11) is -1.96. The molecule has 1 aromatic carbocycles. The smallest absolute Gasteiger partial charge is 0.405 e. The molecule has 0 aliphatic rings. The van der Waals surface area contributed by atoms with Gasteiger partial charge in [-0.15, -0.1) is 0 Å². The van der Waals surface area contributed by atoms with Crippen LogP contribution in [0.4, 0.5) is 15.3 Å². The quantitative estimate of drug-likeness (QED) is 0.306. The van der Waals surface area contributed by atoms with Crippen molar-refractivity contribution in [3.63, 3.8) is 0 Å². The minimum atomic E-state index is -1.96. The number of carboxylic acid groups (broad SMARTS) is 1. The number of benzene rings is 1. The second kappa shape index (κ2) is 10.1. The van der Waals surface area contributed by atoms with E-state index in [2.05, 4.69) is 49.8 Å². The van der Waals surface area contributed by atoms with Crippen molar-refractivity contribution in [3.8, 4) is 5.75 Å². The Bertz CT molecular complexity index is 716. The summed E-state index contributed by atoms with van der Waals surface area (Å²) in [4.78, 5) is 34.1. The van der Waals surface area contributed by atoms with Crippen molar-refractivity contribution in [2.45, 2.75) is 57.8 Å². The Morgan fingerprint density at radius 1 is 1.17 bits per heavy atom. The monoisotopic (exact) mass is 424 g/mol. The maximum atomic E-state index is 12.4. The van der Waals surface area contributed by atoms with Crippen molar-refractivity contribution in [1.29, 1.82) is 0 Å². The van der Waals surface area contributed by atoms with Crippen LogP contribution in [-0.2, 0) is 4.79 Å². The molecule has 0 radical (unpaired) electrons. The molecule has 1 aromatic rings. The Balaban J connectivity index is 2.71. The van der Waals surface area contributed by atoms with Crippen LogP contribution in [-0.4, -0.2) is 44.0 Å². The molecule has 0 aromatic heterocycles. The van der Waals surface area contributed by atoms with E-state index in [-0.39, 0.29) is 18.0 Å². The minimum Gasteiger partial charge on any atom is -0.544 e. The first kappa shape index (κ1) is 24.3. The van der Waals surface area contributed by atoms with E-state index in [4.69, 9.17) is 15.3 Å². The molecule has 0 aliphatic carbocycles. The van der Waals surface area contributed by atoms with E-state index in [1.807, 2.05) is 0 Å². The molecule has 1 rings (SSSR count). The highest BCUT2D eigenvalue weighted by Crippen LogP contribution is 2.37. The molecule has 4 amide bonds. The summed E-state index contributed by atoms with van der Waals surface area (Å²) in [6.45, 7) is 11.0. The highest BCUT2D eigenvalue weighted by Gasteiger charge is 2.38. The summed E-state index contributed by atoms with van der Waals surface area (Å²) in [6.07, 6.45) is -0.697. The number of anilines is 1. The number of hydrogen-bond donors (Lipinski definition) is 5. The number of nitrogens with one attached hydrogen (secondary N) is 3. The van der Waals surface area contributed by atoms with E-state index in [0.717, 1.165) is 5.75 Å². The van der Waals surface area contributed by atoms with Gasteiger partial charge in [-0.3, -0.25) is 4.79 Å². The second-order valence-electron chi connectivity index (χ2n) is 8.31. The lowest BCUT2D eigenvalue weighted by molar-refractivity contribution is -0.118. The van der Waals surface area contributed by atoms with E-state index in [1.54, 1.807) is 24.3 Å². The molecule has 0 bridgehead atoms. The van der Waals surface area contributed by atoms with Crippen LogP contribution in [0.5, 0.6) is 5.75 Å². The standard InChI is InChI=1S/C19H32N4O5Si/c1-19(2,3)29(4,5)28-14-10-8-13(9-11-14)22-16(24)15(23-18(26)27)7-6-12-21-17(20)25/h8-11,15,23H,6-7,12H2,1-5H3,(H,22,24)(H,26,27)(H3,20,21,25)/t15-/m0/s1. The van der Waals surface area contributed by atoms with Crippen LogP contribution in [0.15, 0.2) is 24.3 Å². The van der Waals surface area contributed by atoms with Crippen molar-refractivity contribution in [2.24, 2.45) is 5.73 Å². The fraction of sp³-hybridized carbons (Fsp3) is 0.526. The predicted molar refractivity (Wildman–Crippen MR) is 115 cm³/mol. The zero-order valence-electron chi connectivity index (χ0n) is 17.7. The second-order valence-corrected chi connectivity index (χ2v) is 13.0. The SMILES string of the molecule is CC(C)(C)[Si](C)(C)Oc1ccc(NC(=O)[C@H](CCCNC(N)=O)NC(=O)O)cc1. The summed E-state index contributed by atoms with van der Waals surface area (Å²) < 4.78 is 6.20. The van der Waals surface area contributed by atoms with Gasteiger partial charge in [-0.05, 0) is 55.2 Å². The van der Waals surface area contributed by atoms with Crippen molar-refractivity contribution in [2.75, 3.05) is 11.9 Å². The number of urea groups is 1. The lowest BCUT2D eigenvalue weighted by Crippen LogP contribution is -2.44. The Morgan fingerprint density at radius 3 is 2.24 bits per heavy atom. The molecule has 6 N–H and O–H groups in total. The van der Waals surface area contributed by atoms with Crippen LogP contribution >= 0.6 is 0 Å². The molecule has 0 saturated carbocycles. The molecule has 0 heterocycles. The summed E-state index contributed by atoms with van der Waals surface area (Å²) in [6, 6.07) is 5.38. The van der Waals surface area contributed by atoms with Gasteiger partial charge in [-0.25, -0.2) is 9.59 Å². The van der Waals surface area contributed by atoms with Gasteiger partial charge in [0.15, 0.2) is 0 Å². The molecule has 0 fully saturated rings. The fourth-order valence-electron chi connectivity index (χ4n) is 2.22. The van der Waals surface area contributed by atoms with Gasteiger partial charge in [-0.2, -0.15) is 0 Å². The number of hydrogen-bond acceptors (Lipinski definition) is 4. The minimum absolute atomic E-state index is 0.0684. The first-order valence-electron chi connectivity index (χ1n) is 9.44. The Kier molecular flexibility index (Phi) is 8.50. The molecule has 29 heavy (non-hydrogen) atoms. The average molecular weight is 425 g/mol. The first-order chi connectivity index (χ1) is 13.3. The molecule has 10 heteroatoms. The van der Waals surface area contributed by atoms with Crippen LogP contribution in [0.3, 0.4) is 0 Å². The Morgan fingerprint density at radius 2 is 1.76 bits per heavy atom. The van der Waals surface area contributed by atoms with Crippen molar-refractivity contribution in [3.05, 3.63) is 24.3 Å². The summed E-state index contributed by atoms with van der Waals surface area (Å²) in [5.41, 5.74) is 5.51. The Hall–Kier alpha value is -2.75. The average Bonchev–Trinajstić information content (AvgIpc) is 2.57. The van der Waals surface area contributed by atoms with E-state index in [1.165, 1.54) is 0 Å². The van der Waals surface area contributed by atoms with Crippen LogP contribution in [0, 0.1) is 0 Å². The molecule has 162 valence electrons. The van der Waals surface area contributed by atoms with Gasteiger partial charge in [0.1, 0.15) is 11.8 Å². The zero-order valence-corrected chi connectivity index (χ0v) is 18.7. The maximum absolute atomic E-state index is 12.4. The van der Waals surface area contributed by atoms with Gasteiger partial charge >= 0.3 is 12.1 Å². The molecular weight excluding hydrogens is 392 g/mol. The molecule has 1 atom stereocenters. The largest absolute Gasteiger partial charge is 0.544 e. The van der Waals surface area contributed by atoms with Crippen molar-refractivity contribution in [1.82, 2.24) is 10.6 Å². The number of amides is 4. The summed E-state index contributed by atoms with van der Waals surface area (Å²) >= 11 is 0. The normalized spacial score (nSPS) is 12.6. The third-order valence-corrected chi connectivity index (χ3v) is 9.24. The van der Waals surface area contributed by atoms with Gasteiger partial charge < -0.3 is 31.2 Å². The van der Waals surface area contributed by atoms with Crippen molar-refractivity contribution < 1.29 is 23.9 Å². The molecule has 9 nitrogen and oxygen atoms in total. The zero-order chi connectivity index (χ0) is 22.2. The van der Waals surface area contributed by atoms with E-state index < -0.39 is 32.4 Å². The van der Waals surface area contributed by atoms with Crippen LogP contribution in [0.25, 0.3) is 0 Å². The lowest BCUT2D eigenvalue weighted by atomic mass is 10.1. The molecule has 0 unspecified atom stereocenters. The highest BCUT2D eigenvalue weighted by atomic mass is 28.4. The van der Waals surface area contributed by atoms with Crippen LogP contribution in [0.1, 0.15) is 33.6 Å². The third kappa shape index (κ3) is 8.42. The number of rotatable bonds is 9. The first-order valence-corrected chi connectivity index (χ1v) is 12.4. The fourth-order valence-corrected chi connectivity index (χ4v) is 3.25. The number of carbonyl (C=O) groups excluding carboxylic acids is 2. The van der Waals surface area contributed by atoms with Crippen LogP contribution in [0.2, 0.25) is 18.1 Å². The van der Waals surface area contributed by atoms with Crippen LogP contribution < -0.4 is 26.1 Å². The number of nitrogens with two attached hydrogens (primary N) is 1. The Labute approximate surface area is 172 Å². The van der Waals surface area contributed by atoms with Crippen molar-refractivity contribution >= 4 is 32.0 Å². The number of primary amides is 1. The predicted octanol–water partition coefficient (Wildman–Crippen LogP) is 3.09. The molecule has 0 aliphatic heterocycles. The summed E-state index contributed by atoms with van der Waals surface area (Å²) in [5, 5.41) is 16.3. The van der Waals surface area contributed by atoms with E-state index >= 15 is 0 Å².